The molecule has 0 bridgehead atoms. The lowest BCUT2D eigenvalue weighted by molar-refractivity contribution is 0.0706. The first-order valence-electron chi connectivity index (χ1n) is 8.19. The molecule has 1 aliphatic carbocycles. The van der Waals surface area contributed by atoms with E-state index in [0.717, 1.165) is 31.6 Å². The van der Waals surface area contributed by atoms with E-state index >= 15 is 0 Å². The molecule has 1 aromatic heterocycles. The Labute approximate surface area is 143 Å². The Bertz CT molecular complexity index is 767. The summed E-state index contributed by atoms with van der Waals surface area (Å²) in [4.78, 5) is 14.3. The van der Waals surface area contributed by atoms with Crippen molar-refractivity contribution in [2.24, 2.45) is 0 Å². The second-order valence-corrected chi connectivity index (χ2v) is 6.85. The second kappa shape index (κ2) is 6.16. The number of piperidine rings is 1. The first kappa shape index (κ1) is 15.6. The zero-order chi connectivity index (χ0) is 16.7. The summed E-state index contributed by atoms with van der Waals surface area (Å²) in [5, 5.41) is 8.44. The molecule has 0 radical (unpaired) electrons. The highest BCUT2D eigenvalue weighted by atomic mass is 35.5. The van der Waals surface area contributed by atoms with Gasteiger partial charge in [0.05, 0.1) is 10.6 Å². The maximum Gasteiger partial charge on any atom is 0.255 e. The molecule has 126 valence electrons. The minimum atomic E-state index is -0.446. The zero-order valence-corrected chi connectivity index (χ0v) is 13.8. The van der Waals surface area contributed by atoms with E-state index in [-0.39, 0.29) is 16.8 Å². The Hall–Kier alpha value is -1.95. The van der Waals surface area contributed by atoms with Gasteiger partial charge >= 0.3 is 0 Å². The van der Waals surface area contributed by atoms with Gasteiger partial charge in [-0.25, -0.2) is 4.39 Å². The van der Waals surface area contributed by atoms with Gasteiger partial charge in [0.25, 0.3) is 5.91 Å². The number of hydrogen-bond acceptors (Lipinski definition) is 4. The summed E-state index contributed by atoms with van der Waals surface area (Å²) in [6.07, 6.45) is 3.81. The Balaban J connectivity index is 1.40. The molecular formula is C17H17ClFN3O2. The van der Waals surface area contributed by atoms with Crippen LogP contribution >= 0.6 is 11.6 Å². The Morgan fingerprint density at radius 3 is 2.33 bits per heavy atom. The summed E-state index contributed by atoms with van der Waals surface area (Å²) in [7, 11) is 0. The summed E-state index contributed by atoms with van der Waals surface area (Å²) in [5.74, 6) is 1.47. The molecule has 4 rings (SSSR count). The summed E-state index contributed by atoms with van der Waals surface area (Å²) in [5.41, 5.74) is 0.338. The molecule has 2 aromatic rings. The number of carbonyl (C=O) groups excluding carboxylic acids is 1. The van der Waals surface area contributed by atoms with Gasteiger partial charge in [0.1, 0.15) is 5.82 Å². The summed E-state index contributed by atoms with van der Waals surface area (Å²) < 4.78 is 18.9. The fourth-order valence-corrected chi connectivity index (χ4v) is 3.32. The Kier molecular flexibility index (Phi) is 4.00. The average molecular weight is 350 g/mol. The van der Waals surface area contributed by atoms with Gasteiger partial charge in [-0.15, -0.1) is 10.2 Å². The van der Waals surface area contributed by atoms with E-state index in [1.165, 1.54) is 18.2 Å². The minimum absolute atomic E-state index is 0.146. The van der Waals surface area contributed by atoms with Crippen LogP contribution in [0.1, 0.15) is 59.7 Å². The average Bonchev–Trinajstić information content (AvgIpc) is 3.32. The van der Waals surface area contributed by atoms with Crippen LogP contribution in [0.4, 0.5) is 4.39 Å². The number of benzene rings is 1. The fourth-order valence-electron chi connectivity index (χ4n) is 3.07. The number of amides is 1. The first-order valence-corrected chi connectivity index (χ1v) is 8.57. The maximum absolute atomic E-state index is 13.1. The van der Waals surface area contributed by atoms with Crippen LogP contribution in [0.2, 0.25) is 5.02 Å². The highest BCUT2D eigenvalue weighted by Crippen LogP contribution is 2.40. The number of likely N-dealkylation sites (tertiary alicyclic amines) is 1. The van der Waals surface area contributed by atoms with Crippen molar-refractivity contribution in [1.29, 1.82) is 0 Å². The van der Waals surface area contributed by atoms with Crippen LogP contribution in [-0.2, 0) is 0 Å². The predicted octanol–water partition coefficient (Wildman–Crippen LogP) is 3.76. The maximum atomic E-state index is 13.1. The molecule has 7 heteroatoms. The quantitative estimate of drug-likeness (QED) is 0.846. The van der Waals surface area contributed by atoms with Crippen molar-refractivity contribution in [2.75, 3.05) is 13.1 Å². The Morgan fingerprint density at radius 2 is 1.75 bits per heavy atom. The minimum Gasteiger partial charge on any atom is -0.425 e. The molecule has 0 spiro atoms. The van der Waals surface area contributed by atoms with E-state index in [1.54, 1.807) is 4.90 Å². The number of nitrogens with zero attached hydrogens (tertiary/aromatic N) is 3. The van der Waals surface area contributed by atoms with Crippen molar-refractivity contribution in [3.8, 4) is 0 Å². The number of halogens is 2. The molecule has 0 N–H and O–H groups in total. The highest BCUT2D eigenvalue weighted by Gasteiger charge is 2.32. The standard InChI is InChI=1S/C17H17ClFN3O2/c18-14-9-12(19)3-4-13(14)17(23)22-7-5-11(6-8-22)16-21-20-15(24-16)10-1-2-10/h3-4,9-11H,1-2,5-8H2. The SMILES string of the molecule is O=C(c1ccc(F)cc1Cl)N1CCC(c2nnc(C3CC3)o2)CC1. The van der Waals surface area contributed by atoms with Crippen molar-refractivity contribution in [2.45, 2.75) is 37.5 Å². The number of aromatic nitrogens is 2. The highest BCUT2D eigenvalue weighted by molar-refractivity contribution is 6.33. The monoisotopic (exact) mass is 349 g/mol. The summed E-state index contributed by atoms with van der Waals surface area (Å²) in [6.45, 7) is 1.19. The van der Waals surface area contributed by atoms with E-state index in [4.69, 9.17) is 16.0 Å². The van der Waals surface area contributed by atoms with E-state index < -0.39 is 5.82 Å². The molecular weight excluding hydrogens is 333 g/mol. The van der Waals surface area contributed by atoms with Crippen LogP contribution in [0.15, 0.2) is 22.6 Å². The third kappa shape index (κ3) is 3.02. The van der Waals surface area contributed by atoms with Crippen LogP contribution in [-0.4, -0.2) is 34.1 Å². The normalized spacial score (nSPS) is 18.8. The molecule has 2 fully saturated rings. The molecule has 0 unspecified atom stereocenters. The number of rotatable bonds is 3. The molecule has 1 amide bonds. The van der Waals surface area contributed by atoms with Gasteiger partial charge in [0.15, 0.2) is 0 Å². The van der Waals surface area contributed by atoms with E-state index in [1.807, 2.05) is 0 Å². The molecule has 24 heavy (non-hydrogen) atoms. The second-order valence-electron chi connectivity index (χ2n) is 6.44. The molecule has 0 atom stereocenters. The van der Waals surface area contributed by atoms with Gasteiger partial charge in [0, 0.05) is 24.9 Å². The van der Waals surface area contributed by atoms with Crippen molar-refractivity contribution in [1.82, 2.24) is 15.1 Å². The van der Waals surface area contributed by atoms with Crippen LogP contribution in [0.3, 0.4) is 0 Å². The van der Waals surface area contributed by atoms with Gasteiger partial charge in [0.2, 0.25) is 11.8 Å². The molecule has 1 saturated heterocycles. The Morgan fingerprint density at radius 1 is 1.12 bits per heavy atom. The topological polar surface area (TPSA) is 59.2 Å². The van der Waals surface area contributed by atoms with Crippen LogP contribution in [0.5, 0.6) is 0 Å². The van der Waals surface area contributed by atoms with Crippen molar-refractivity contribution >= 4 is 17.5 Å². The van der Waals surface area contributed by atoms with Gasteiger partial charge in [-0.2, -0.15) is 0 Å². The van der Waals surface area contributed by atoms with Gasteiger partial charge in [-0.3, -0.25) is 4.79 Å². The van der Waals surface area contributed by atoms with Gasteiger partial charge in [-0.1, -0.05) is 11.6 Å². The molecule has 2 heterocycles. The third-order valence-corrected chi connectivity index (χ3v) is 4.99. The van der Waals surface area contributed by atoms with Crippen LogP contribution in [0.25, 0.3) is 0 Å². The van der Waals surface area contributed by atoms with Crippen LogP contribution < -0.4 is 0 Å². The lowest BCUT2D eigenvalue weighted by Crippen LogP contribution is -2.38. The zero-order valence-electron chi connectivity index (χ0n) is 13.0. The van der Waals surface area contributed by atoms with Crippen molar-refractivity contribution < 1.29 is 13.6 Å². The summed E-state index contributed by atoms with van der Waals surface area (Å²) in [6, 6.07) is 3.86. The van der Waals surface area contributed by atoms with E-state index in [2.05, 4.69) is 10.2 Å². The van der Waals surface area contributed by atoms with Crippen LogP contribution in [0, 0.1) is 5.82 Å². The molecule has 2 aliphatic rings. The molecule has 1 aliphatic heterocycles. The fraction of sp³-hybridized carbons (Fsp3) is 0.471. The predicted molar refractivity (Wildman–Crippen MR) is 85.6 cm³/mol. The van der Waals surface area contributed by atoms with E-state index in [0.29, 0.717) is 30.5 Å². The molecule has 1 saturated carbocycles. The number of hydrogen-bond donors (Lipinski definition) is 0. The third-order valence-electron chi connectivity index (χ3n) is 4.68. The lowest BCUT2D eigenvalue weighted by atomic mass is 9.96. The van der Waals surface area contributed by atoms with E-state index in [9.17, 15) is 9.18 Å². The smallest absolute Gasteiger partial charge is 0.255 e. The molecule has 5 nitrogen and oxygen atoms in total. The van der Waals surface area contributed by atoms with Gasteiger partial charge < -0.3 is 9.32 Å². The largest absolute Gasteiger partial charge is 0.425 e. The summed E-state index contributed by atoms with van der Waals surface area (Å²) >= 11 is 5.99. The van der Waals surface area contributed by atoms with Crippen molar-refractivity contribution in [3.05, 3.63) is 46.4 Å². The van der Waals surface area contributed by atoms with Crippen molar-refractivity contribution in [3.63, 3.8) is 0 Å². The first-order chi connectivity index (χ1) is 11.6. The number of carbonyl (C=O) groups is 1. The lowest BCUT2D eigenvalue weighted by Gasteiger charge is -2.30. The molecule has 1 aromatic carbocycles. The van der Waals surface area contributed by atoms with Gasteiger partial charge in [-0.05, 0) is 43.9 Å².